The molecule has 1 aromatic rings. The van der Waals surface area contributed by atoms with Gasteiger partial charge in [-0.05, 0) is 38.1 Å². The molecule has 1 N–H and O–H groups in total. The van der Waals surface area contributed by atoms with Crippen LogP contribution in [0.5, 0.6) is 5.75 Å². The Labute approximate surface area is 123 Å². The van der Waals surface area contributed by atoms with Crippen LogP contribution in [0.1, 0.15) is 13.8 Å². The molecule has 110 valence electrons. The zero-order valence-corrected chi connectivity index (χ0v) is 12.5. The molecule has 0 saturated carbocycles. The molecule has 6 heteroatoms. The molecule has 0 spiro atoms. The Morgan fingerprint density at radius 1 is 1.15 bits per heavy atom. The lowest BCUT2D eigenvalue weighted by Gasteiger charge is -2.06. The van der Waals surface area contributed by atoms with Crippen molar-refractivity contribution in [1.29, 1.82) is 0 Å². The second-order valence-electron chi connectivity index (χ2n) is 3.77. The summed E-state index contributed by atoms with van der Waals surface area (Å²) in [6.07, 6.45) is 0. The van der Waals surface area contributed by atoms with E-state index >= 15 is 0 Å². The summed E-state index contributed by atoms with van der Waals surface area (Å²) in [6.45, 7) is 4.51. The molecule has 1 rings (SSSR count). The third-order valence-corrected chi connectivity index (χ3v) is 3.25. The largest absolute Gasteiger partial charge is 0.494 e. The normalized spacial score (nSPS) is 9.90. The van der Waals surface area contributed by atoms with Gasteiger partial charge in [0.15, 0.2) is 0 Å². The molecule has 1 amide bonds. The van der Waals surface area contributed by atoms with Gasteiger partial charge < -0.3 is 14.8 Å². The van der Waals surface area contributed by atoms with Crippen LogP contribution in [0.3, 0.4) is 0 Å². The molecule has 0 unspecified atom stereocenters. The molecule has 0 atom stereocenters. The van der Waals surface area contributed by atoms with E-state index in [1.165, 1.54) is 11.8 Å². The summed E-state index contributed by atoms with van der Waals surface area (Å²) in [6, 6.07) is 7.52. The van der Waals surface area contributed by atoms with Gasteiger partial charge >= 0.3 is 5.97 Å². The molecular weight excluding hydrogens is 278 g/mol. The SMILES string of the molecule is CCOC(=O)CNC(=O)CSc1ccc(OCC)cc1. The second-order valence-corrected chi connectivity index (χ2v) is 4.82. The molecule has 0 aromatic heterocycles. The fraction of sp³-hybridized carbons (Fsp3) is 0.429. The molecule has 1 aromatic carbocycles. The Morgan fingerprint density at radius 2 is 1.85 bits per heavy atom. The van der Waals surface area contributed by atoms with Crippen LogP contribution in [-0.4, -0.2) is 37.4 Å². The van der Waals surface area contributed by atoms with Crippen molar-refractivity contribution >= 4 is 23.6 Å². The number of benzene rings is 1. The highest BCUT2D eigenvalue weighted by Gasteiger charge is 2.06. The maximum absolute atomic E-state index is 11.5. The van der Waals surface area contributed by atoms with Crippen molar-refractivity contribution in [1.82, 2.24) is 5.32 Å². The Hall–Kier alpha value is -1.69. The van der Waals surface area contributed by atoms with Gasteiger partial charge in [0.2, 0.25) is 5.91 Å². The van der Waals surface area contributed by atoms with Crippen LogP contribution >= 0.6 is 11.8 Å². The van der Waals surface area contributed by atoms with Crippen LogP contribution in [0, 0.1) is 0 Å². The van der Waals surface area contributed by atoms with Gasteiger partial charge in [0.1, 0.15) is 12.3 Å². The first-order valence-corrected chi connectivity index (χ1v) is 7.42. The third kappa shape index (κ3) is 6.47. The molecule has 0 aliphatic rings. The first-order valence-electron chi connectivity index (χ1n) is 6.43. The fourth-order valence-corrected chi connectivity index (χ4v) is 2.11. The van der Waals surface area contributed by atoms with Gasteiger partial charge in [0.25, 0.3) is 0 Å². The number of nitrogens with one attached hydrogen (secondary N) is 1. The van der Waals surface area contributed by atoms with Gasteiger partial charge in [-0.15, -0.1) is 11.8 Å². The lowest BCUT2D eigenvalue weighted by molar-refractivity contribution is -0.143. The monoisotopic (exact) mass is 297 g/mol. The van der Waals surface area contributed by atoms with Gasteiger partial charge in [-0.1, -0.05) is 0 Å². The first-order chi connectivity index (χ1) is 9.65. The molecule has 20 heavy (non-hydrogen) atoms. The van der Waals surface area contributed by atoms with E-state index in [4.69, 9.17) is 9.47 Å². The molecule has 5 nitrogen and oxygen atoms in total. The summed E-state index contributed by atoms with van der Waals surface area (Å²) in [5, 5.41) is 2.51. The average Bonchev–Trinajstić information content (AvgIpc) is 2.45. The summed E-state index contributed by atoms with van der Waals surface area (Å²) < 4.78 is 10.1. The van der Waals surface area contributed by atoms with Crippen LogP contribution in [0.25, 0.3) is 0 Å². The third-order valence-electron chi connectivity index (χ3n) is 2.24. The molecule has 0 saturated heterocycles. The predicted molar refractivity (Wildman–Crippen MR) is 78.0 cm³/mol. The van der Waals surface area contributed by atoms with Crippen molar-refractivity contribution in [2.45, 2.75) is 18.7 Å². The summed E-state index contributed by atoms with van der Waals surface area (Å²) in [7, 11) is 0. The van der Waals surface area contributed by atoms with Crippen LogP contribution in [0.15, 0.2) is 29.2 Å². The molecule has 0 radical (unpaired) electrons. The van der Waals surface area contributed by atoms with E-state index in [-0.39, 0.29) is 18.2 Å². The number of esters is 1. The molecule has 0 heterocycles. The van der Waals surface area contributed by atoms with E-state index in [0.717, 1.165) is 10.6 Å². The van der Waals surface area contributed by atoms with E-state index < -0.39 is 5.97 Å². The van der Waals surface area contributed by atoms with E-state index in [1.54, 1.807) is 6.92 Å². The number of rotatable bonds is 8. The van der Waals surface area contributed by atoms with Gasteiger partial charge in [-0.3, -0.25) is 9.59 Å². The van der Waals surface area contributed by atoms with Gasteiger partial charge in [-0.25, -0.2) is 0 Å². The smallest absolute Gasteiger partial charge is 0.325 e. The fourth-order valence-electron chi connectivity index (χ4n) is 1.38. The van der Waals surface area contributed by atoms with E-state index in [0.29, 0.717) is 13.2 Å². The van der Waals surface area contributed by atoms with E-state index in [1.807, 2.05) is 31.2 Å². The van der Waals surface area contributed by atoms with Gasteiger partial charge in [-0.2, -0.15) is 0 Å². The molecule has 0 aliphatic carbocycles. The van der Waals surface area contributed by atoms with Crippen molar-refractivity contribution in [3.8, 4) is 5.75 Å². The van der Waals surface area contributed by atoms with Crippen molar-refractivity contribution in [3.63, 3.8) is 0 Å². The Balaban J connectivity index is 2.28. The lowest BCUT2D eigenvalue weighted by atomic mass is 10.3. The summed E-state index contributed by atoms with van der Waals surface area (Å²) in [5.74, 6) is 0.445. The van der Waals surface area contributed by atoms with Crippen LogP contribution in [0.2, 0.25) is 0 Å². The average molecular weight is 297 g/mol. The summed E-state index contributed by atoms with van der Waals surface area (Å²) in [5.41, 5.74) is 0. The zero-order chi connectivity index (χ0) is 14.8. The highest BCUT2D eigenvalue weighted by atomic mass is 32.2. The van der Waals surface area contributed by atoms with Crippen LogP contribution in [-0.2, 0) is 14.3 Å². The van der Waals surface area contributed by atoms with Gasteiger partial charge in [0, 0.05) is 4.90 Å². The molecule has 0 fully saturated rings. The minimum Gasteiger partial charge on any atom is -0.494 e. The molecule has 0 bridgehead atoms. The Kier molecular flexibility index (Phi) is 7.57. The lowest BCUT2D eigenvalue weighted by Crippen LogP contribution is -2.31. The predicted octanol–water partition coefficient (Wildman–Crippen LogP) is 1.86. The van der Waals surface area contributed by atoms with Crippen molar-refractivity contribution in [2.24, 2.45) is 0 Å². The first kappa shape index (κ1) is 16.4. The zero-order valence-electron chi connectivity index (χ0n) is 11.7. The minimum absolute atomic E-state index is 0.0868. The number of hydrogen-bond donors (Lipinski definition) is 1. The standard InChI is InChI=1S/C14H19NO4S/c1-3-18-11-5-7-12(8-6-11)20-10-13(16)15-9-14(17)19-4-2/h5-8H,3-4,9-10H2,1-2H3,(H,15,16). The summed E-state index contributed by atoms with van der Waals surface area (Å²) >= 11 is 1.40. The highest BCUT2D eigenvalue weighted by Crippen LogP contribution is 2.21. The number of ether oxygens (including phenoxy) is 2. The highest BCUT2D eigenvalue weighted by molar-refractivity contribution is 8.00. The van der Waals surface area contributed by atoms with Crippen molar-refractivity contribution in [2.75, 3.05) is 25.5 Å². The maximum atomic E-state index is 11.5. The van der Waals surface area contributed by atoms with Crippen molar-refractivity contribution in [3.05, 3.63) is 24.3 Å². The van der Waals surface area contributed by atoms with Crippen LogP contribution < -0.4 is 10.1 Å². The van der Waals surface area contributed by atoms with Gasteiger partial charge in [0.05, 0.1) is 19.0 Å². The second kappa shape index (κ2) is 9.25. The minimum atomic E-state index is -0.424. The number of hydrogen-bond acceptors (Lipinski definition) is 5. The maximum Gasteiger partial charge on any atom is 0.325 e. The number of carbonyl (C=O) groups excluding carboxylic acids is 2. The quantitative estimate of drug-likeness (QED) is 0.586. The van der Waals surface area contributed by atoms with E-state index in [2.05, 4.69) is 5.32 Å². The Morgan fingerprint density at radius 3 is 2.45 bits per heavy atom. The Bertz CT molecular complexity index is 433. The number of carbonyl (C=O) groups is 2. The number of thioether (sulfide) groups is 1. The topological polar surface area (TPSA) is 64.6 Å². The van der Waals surface area contributed by atoms with Crippen LogP contribution in [0.4, 0.5) is 0 Å². The number of amides is 1. The van der Waals surface area contributed by atoms with E-state index in [9.17, 15) is 9.59 Å². The molecular formula is C14H19NO4S. The molecule has 0 aliphatic heterocycles. The van der Waals surface area contributed by atoms with Crippen molar-refractivity contribution < 1.29 is 19.1 Å². The summed E-state index contributed by atoms with van der Waals surface area (Å²) in [4.78, 5) is 23.6.